The molecule has 3 N–H and O–H groups in total. The molecule has 0 aliphatic carbocycles. The smallest absolute Gasteiger partial charge is 0.235 e. The summed E-state index contributed by atoms with van der Waals surface area (Å²) in [5.41, 5.74) is 9.93. The van der Waals surface area contributed by atoms with Crippen LogP contribution in [0.1, 0.15) is 18.2 Å². The van der Waals surface area contributed by atoms with Crippen LogP contribution in [0.3, 0.4) is 0 Å². The number of aromatic nitrogens is 1. The van der Waals surface area contributed by atoms with E-state index in [1.165, 1.54) is 5.01 Å². The molecule has 0 unspecified atom stereocenters. The van der Waals surface area contributed by atoms with Gasteiger partial charge in [-0.25, -0.2) is 10.0 Å². The summed E-state index contributed by atoms with van der Waals surface area (Å²) < 4.78 is 0. The Kier molecular flexibility index (Phi) is 3.55. The Morgan fingerprint density at radius 2 is 1.78 bits per heavy atom. The highest BCUT2D eigenvalue weighted by Gasteiger charge is 2.36. The third-order valence-corrected chi connectivity index (χ3v) is 3.85. The fourth-order valence-electron chi connectivity index (χ4n) is 2.75. The van der Waals surface area contributed by atoms with Crippen molar-refractivity contribution in [3.8, 4) is 0 Å². The van der Waals surface area contributed by atoms with Gasteiger partial charge in [0.05, 0.1) is 17.6 Å². The first-order valence-corrected chi connectivity index (χ1v) is 7.10. The van der Waals surface area contributed by atoms with Crippen molar-refractivity contribution in [1.82, 2.24) is 10.5 Å². The fourth-order valence-corrected chi connectivity index (χ4v) is 2.75. The van der Waals surface area contributed by atoms with Gasteiger partial charge in [-0.05, 0) is 49.2 Å². The molecule has 0 atom stereocenters. The molecule has 3 heterocycles. The van der Waals surface area contributed by atoms with E-state index in [-0.39, 0.29) is 11.4 Å². The lowest BCUT2D eigenvalue weighted by atomic mass is 10.0. The predicted octanol–water partition coefficient (Wildman–Crippen LogP) is 2.47. The highest BCUT2D eigenvalue weighted by atomic mass is 16.3. The van der Waals surface area contributed by atoms with Gasteiger partial charge in [0.2, 0.25) is 5.88 Å². The average molecular weight is 309 g/mol. The molecule has 1 radical (unpaired) electrons. The minimum absolute atomic E-state index is 0. The molecule has 117 valence electrons. The number of allylic oxidation sites excluding steroid dienone is 1. The van der Waals surface area contributed by atoms with Crippen LogP contribution in [0.15, 0.2) is 59.7 Å². The molecule has 0 amide bonds. The Labute approximate surface area is 134 Å². The molecule has 1 aromatic heterocycles. The molecule has 2 aromatic rings. The zero-order valence-electron chi connectivity index (χ0n) is 12.9. The highest BCUT2D eigenvalue weighted by molar-refractivity contribution is 5.80. The van der Waals surface area contributed by atoms with Crippen LogP contribution < -0.4 is 15.6 Å². The van der Waals surface area contributed by atoms with E-state index in [1.807, 2.05) is 50.2 Å². The number of aliphatic hydroxyl groups is 1. The lowest BCUT2D eigenvalue weighted by molar-refractivity contribution is 0.386. The maximum atomic E-state index is 10.6. The molecule has 2 aliphatic heterocycles. The number of fused-ring (bicyclic) bond motifs is 3. The van der Waals surface area contributed by atoms with Gasteiger partial charge in [0.25, 0.3) is 0 Å². The third kappa shape index (κ3) is 2.25. The SMILES string of the molecule is CC1=Cc2ccccc2N2[N]N(c3ccc(C)nc3)C(O)=C12.O. The number of aryl methyl sites for hydroxylation is 1. The molecule has 2 aliphatic rings. The molecular weight excluding hydrogens is 292 g/mol. The van der Waals surface area contributed by atoms with E-state index >= 15 is 0 Å². The van der Waals surface area contributed by atoms with Gasteiger partial charge in [0, 0.05) is 11.3 Å². The van der Waals surface area contributed by atoms with Crippen molar-refractivity contribution in [1.29, 1.82) is 0 Å². The topological polar surface area (TPSA) is 85.2 Å². The second kappa shape index (κ2) is 5.42. The molecule has 6 heteroatoms. The monoisotopic (exact) mass is 309 g/mol. The summed E-state index contributed by atoms with van der Waals surface area (Å²) in [6.07, 6.45) is 3.77. The van der Waals surface area contributed by atoms with Crippen molar-refractivity contribution in [2.24, 2.45) is 0 Å². The number of aliphatic hydroxyl groups excluding tert-OH is 1. The molecule has 0 bridgehead atoms. The van der Waals surface area contributed by atoms with Crippen LogP contribution in [0.4, 0.5) is 11.4 Å². The molecule has 6 nitrogen and oxygen atoms in total. The van der Waals surface area contributed by atoms with Crippen LogP contribution in [-0.4, -0.2) is 15.6 Å². The maximum absolute atomic E-state index is 10.6. The number of hydrogen-bond acceptors (Lipinski definition) is 4. The normalized spacial score (nSPS) is 15.8. The van der Waals surface area contributed by atoms with Crippen molar-refractivity contribution < 1.29 is 10.6 Å². The van der Waals surface area contributed by atoms with Gasteiger partial charge in [-0.3, -0.25) is 4.98 Å². The first-order chi connectivity index (χ1) is 10.6. The molecule has 0 saturated heterocycles. The second-order valence-corrected chi connectivity index (χ2v) is 5.43. The largest absolute Gasteiger partial charge is 0.492 e. The van der Waals surface area contributed by atoms with Crippen molar-refractivity contribution >= 4 is 17.5 Å². The minimum atomic E-state index is 0. The Morgan fingerprint density at radius 3 is 2.52 bits per heavy atom. The van der Waals surface area contributed by atoms with Crippen molar-refractivity contribution in [3.05, 3.63) is 71.0 Å². The number of para-hydroxylation sites is 1. The standard InChI is InChI=1S/C17H15N4O.H2O/c1-11-9-13-5-3-4-6-15(13)21-16(11)17(22)20(19-21)14-8-7-12(2)18-10-14;/h3-10,22H,1-2H3;1H2. The third-order valence-electron chi connectivity index (χ3n) is 3.85. The fraction of sp³-hybridized carbons (Fsp3) is 0.118. The zero-order valence-corrected chi connectivity index (χ0v) is 12.9. The average Bonchev–Trinajstić information content (AvgIpc) is 2.87. The lowest BCUT2D eigenvalue weighted by Crippen LogP contribution is -2.36. The van der Waals surface area contributed by atoms with E-state index in [0.29, 0.717) is 5.70 Å². The zero-order chi connectivity index (χ0) is 15.3. The minimum Gasteiger partial charge on any atom is -0.492 e. The summed E-state index contributed by atoms with van der Waals surface area (Å²) in [4.78, 5) is 4.27. The number of benzene rings is 1. The predicted molar refractivity (Wildman–Crippen MR) is 89.4 cm³/mol. The Balaban J connectivity index is 0.00000156. The first kappa shape index (κ1) is 15.1. The van der Waals surface area contributed by atoms with Crippen LogP contribution in [-0.2, 0) is 0 Å². The molecule has 0 saturated carbocycles. The summed E-state index contributed by atoms with van der Waals surface area (Å²) in [5.74, 6) is 0.119. The van der Waals surface area contributed by atoms with E-state index in [1.54, 1.807) is 11.2 Å². The Hall–Kier alpha value is -2.83. The highest BCUT2D eigenvalue weighted by Crippen LogP contribution is 2.39. The number of hydrogen-bond donors (Lipinski definition) is 1. The van der Waals surface area contributed by atoms with Gasteiger partial charge < -0.3 is 10.6 Å². The number of pyridine rings is 1. The van der Waals surface area contributed by atoms with Crippen molar-refractivity contribution in [2.45, 2.75) is 13.8 Å². The lowest BCUT2D eigenvalue weighted by Gasteiger charge is -2.26. The van der Waals surface area contributed by atoms with E-state index in [0.717, 1.165) is 28.2 Å². The van der Waals surface area contributed by atoms with Crippen molar-refractivity contribution in [2.75, 3.05) is 10.0 Å². The molecule has 0 fully saturated rings. The number of anilines is 2. The van der Waals surface area contributed by atoms with Crippen LogP contribution in [0.25, 0.3) is 6.08 Å². The van der Waals surface area contributed by atoms with Gasteiger partial charge in [0.15, 0.2) is 0 Å². The van der Waals surface area contributed by atoms with Crippen LogP contribution >= 0.6 is 0 Å². The summed E-state index contributed by atoms with van der Waals surface area (Å²) >= 11 is 0. The molecular formula is C17H17N4O2. The van der Waals surface area contributed by atoms with Crippen LogP contribution in [0, 0.1) is 6.92 Å². The summed E-state index contributed by atoms with van der Waals surface area (Å²) in [7, 11) is 0. The second-order valence-electron chi connectivity index (χ2n) is 5.43. The van der Waals surface area contributed by atoms with Crippen LogP contribution in [0.5, 0.6) is 0 Å². The van der Waals surface area contributed by atoms with Gasteiger partial charge >= 0.3 is 0 Å². The van der Waals surface area contributed by atoms with Gasteiger partial charge in [-0.2, -0.15) is 0 Å². The molecule has 23 heavy (non-hydrogen) atoms. The first-order valence-electron chi connectivity index (χ1n) is 7.10. The molecule has 4 rings (SSSR count). The Morgan fingerprint density at radius 1 is 1.00 bits per heavy atom. The van der Waals surface area contributed by atoms with E-state index in [2.05, 4.69) is 16.6 Å². The summed E-state index contributed by atoms with van der Waals surface area (Å²) in [6, 6.07) is 11.8. The van der Waals surface area contributed by atoms with Gasteiger partial charge in [-0.1, -0.05) is 18.2 Å². The van der Waals surface area contributed by atoms with Gasteiger partial charge in [0.1, 0.15) is 5.70 Å². The van der Waals surface area contributed by atoms with Gasteiger partial charge in [-0.15, -0.1) is 0 Å². The van der Waals surface area contributed by atoms with Crippen LogP contribution in [0.2, 0.25) is 0 Å². The number of rotatable bonds is 1. The quantitative estimate of drug-likeness (QED) is 0.877. The van der Waals surface area contributed by atoms with E-state index < -0.39 is 0 Å². The summed E-state index contributed by atoms with van der Waals surface area (Å²) in [5, 5.41) is 13.9. The van der Waals surface area contributed by atoms with E-state index in [4.69, 9.17) is 0 Å². The number of nitrogens with zero attached hydrogens (tertiary/aromatic N) is 4. The Bertz CT molecular complexity index is 812. The van der Waals surface area contributed by atoms with E-state index in [9.17, 15) is 5.11 Å². The van der Waals surface area contributed by atoms with Crippen molar-refractivity contribution in [3.63, 3.8) is 0 Å². The molecule has 0 spiro atoms. The molecule has 1 aromatic carbocycles. The maximum Gasteiger partial charge on any atom is 0.235 e. The summed E-state index contributed by atoms with van der Waals surface area (Å²) in [6.45, 7) is 3.90.